The minimum absolute atomic E-state index is 0. The van der Waals surface area contributed by atoms with Crippen LogP contribution in [0.15, 0.2) is 51.0 Å². The van der Waals surface area contributed by atoms with Crippen LogP contribution in [0.25, 0.3) is 0 Å². The molecule has 0 fully saturated rings. The fourth-order valence-electron chi connectivity index (χ4n) is 1.40. The van der Waals surface area contributed by atoms with Gasteiger partial charge in [0.15, 0.2) is 10.1 Å². The van der Waals surface area contributed by atoms with Crippen molar-refractivity contribution >= 4 is 33.8 Å². The van der Waals surface area contributed by atoms with E-state index in [2.05, 4.69) is 10.5 Å². The van der Waals surface area contributed by atoms with Crippen LogP contribution >= 0.6 is 11.6 Å². The van der Waals surface area contributed by atoms with E-state index in [0.717, 1.165) is 12.3 Å². The summed E-state index contributed by atoms with van der Waals surface area (Å²) in [4.78, 5) is 11.7. The van der Waals surface area contributed by atoms with Crippen molar-refractivity contribution in [3.8, 4) is 0 Å². The number of halogens is 1. The van der Waals surface area contributed by atoms with Crippen LogP contribution in [-0.2, 0) is 10.1 Å². The molecule has 1 aromatic carbocycles. The molecule has 2 rings (SSSR count). The maximum absolute atomic E-state index is 11.7. The molecule has 1 aromatic heterocycles. The standard InChI is InChI=1S/C12H9ClN2O5S.Na/c13-10-4-2-1-3-9(10)12(16)15-14-7-8-5-6-11(20-8)21(17,18)19;/h1-7H,(H,15,16)(H,17,18,19);/q;+1/p-1. The molecule has 22 heavy (non-hydrogen) atoms. The Morgan fingerprint density at radius 3 is 2.55 bits per heavy atom. The Bertz CT molecular complexity index is 803. The Hall–Kier alpha value is -1.16. The van der Waals surface area contributed by atoms with Gasteiger partial charge in [-0.05, 0) is 24.3 Å². The van der Waals surface area contributed by atoms with Crippen molar-refractivity contribution in [2.24, 2.45) is 5.10 Å². The number of nitrogens with one attached hydrogen (secondary N) is 1. The zero-order valence-electron chi connectivity index (χ0n) is 11.3. The summed E-state index contributed by atoms with van der Waals surface area (Å²) in [6, 6.07) is 8.62. The third kappa shape index (κ3) is 4.94. The van der Waals surface area contributed by atoms with Gasteiger partial charge in [-0.1, -0.05) is 23.7 Å². The van der Waals surface area contributed by atoms with Gasteiger partial charge in [0.1, 0.15) is 5.76 Å². The number of hydrazone groups is 1. The van der Waals surface area contributed by atoms with Crippen molar-refractivity contribution in [1.29, 1.82) is 0 Å². The molecule has 7 nitrogen and oxygen atoms in total. The Morgan fingerprint density at radius 1 is 1.27 bits per heavy atom. The number of hydrogen-bond acceptors (Lipinski definition) is 6. The van der Waals surface area contributed by atoms with Gasteiger partial charge in [-0.25, -0.2) is 13.8 Å². The van der Waals surface area contributed by atoms with Crippen LogP contribution in [0.4, 0.5) is 0 Å². The van der Waals surface area contributed by atoms with E-state index in [1.165, 1.54) is 12.1 Å². The van der Waals surface area contributed by atoms with Crippen LogP contribution in [0, 0.1) is 0 Å². The molecule has 1 heterocycles. The fourth-order valence-corrected chi connectivity index (χ4v) is 2.05. The number of rotatable bonds is 4. The van der Waals surface area contributed by atoms with Gasteiger partial charge in [-0.2, -0.15) is 5.10 Å². The topological polar surface area (TPSA) is 112 Å². The maximum Gasteiger partial charge on any atom is 1.00 e. The average molecular weight is 351 g/mol. The molecule has 0 aliphatic heterocycles. The third-order valence-corrected chi connectivity index (χ3v) is 3.37. The number of hydrogen-bond donors (Lipinski definition) is 1. The zero-order valence-corrected chi connectivity index (χ0v) is 14.9. The summed E-state index contributed by atoms with van der Waals surface area (Å²) >= 11 is 5.84. The Balaban J connectivity index is 0.00000242. The molecule has 110 valence electrons. The first kappa shape index (κ1) is 18.9. The van der Waals surface area contributed by atoms with E-state index in [0.29, 0.717) is 0 Å². The van der Waals surface area contributed by atoms with Crippen molar-refractivity contribution in [1.82, 2.24) is 5.43 Å². The average Bonchev–Trinajstić information content (AvgIpc) is 2.88. The Labute approximate surface area is 153 Å². The second-order valence-electron chi connectivity index (χ2n) is 3.79. The molecular formula is C12H8ClN2NaO5S. The Kier molecular flexibility index (Phi) is 6.79. The van der Waals surface area contributed by atoms with Gasteiger partial charge in [0.25, 0.3) is 5.91 Å². The van der Waals surface area contributed by atoms with Gasteiger partial charge >= 0.3 is 29.6 Å². The molecular weight excluding hydrogens is 343 g/mol. The van der Waals surface area contributed by atoms with Gasteiger partial charge < -0.3 is 8.97 Å². The van der Waals surface area contributed by atoms with Gasteiger partial charge in [-0.3, -0.25) is 4.79 Å². The summed E-state index contributed by atoms with van der Waals surface area (Å²) in [6.07, 6.45) is 1.06. The van der Waals surface area contributed by atoms with Gasteiger partial charge in [0.2, 0.25) is 5.09 Å². The monoisotopic (exact) mass is 350 g/mol. The number of carbonyl (C=O) groups excluding carboxylic acids is 1. The minimum atomic E-state index is -4.66. The molecule has 0 aliphatic rings. The van der Waals surface area contributed by atoms with Crippen molar-refractivity contribution in [3.63, 3.8) is 0 Å². The zero-order chi connectivity index (χ0) is 15.5. The largest absolute Gasteiger partial charge is 1.00 e. The number of carbonyl (C=O) groups is 1. The van der Waals surface area contributed by atoms with Crippen LogP contribution in [-0.4, -0.2) is 25.1 Å². The molecule has 10 heteroatoms. The number of nitrogens with zero attached hydrogens (tertiary/aromatic N) is 1. The van der Waals surface area contributed by atoms with E-state index in [1.54, 1.807) is 18.2 Å². The number of benzene rings is 1. The first-order chi connectivity index (χ1) is 9.88. The van der Waals surface area contributed by atoms with E-state index in [-0.39, 0.29) is 45.9 Å². The quantitative estimate of drug-likeness (QED) is 0.315. The molecule has 0 spiro atoms. The van der Waals surface area contributed by atoms with Crippen molar-refractivity contribution in [2.45, 2.75) is 5.09 Å². The second-order valence-corrected chi connectivity index (χ2v) is 5.51. The van der Waals surface area contributed by atoms with E-state index >= 15 is 0 Å². The number of amides is 1. The van der Waals surface area contributed by atoms with Gasteiger partial charge in [0, 0.05) is 0 Å². The summed E-state index contributed by atoms with van der Waals surface area (Å²) in [5, 5.41) is 3.13. The van der Waals surface area contributed by atoms with Crippen LogP contribution in [0.3, 0.4) is 0 Å². The van der Waals surface area contributed by atoms with Crippen LogP contribution < -0.4 is 35.0 Å². The van der Waals surface area contributed by atoms with Crippen LogP contribution in [0.2, 0.25) is 5.02 Å². The molecule has 1 amide bonds. The molecule has 1 N–H and O–H groups in total. The summed E-state index contributed by atoms with van der Waals surface area (Å²) in [5.41, 5.74) is 2.43. The fraction of sp³-hybridized carbons (Fsp3) is 0. The second kappa shape index (κ2) is 7.91. The predicted molar refractivity (Wildman–Crippen MR) is 73.2 cm³/mol. The smallest absolute Gasteiger partial charge is 0.742 e. The third-order valence-electron chi connectivity index (χ3n) is 2.32. The first-order valence-corrected chi connectivity index (χ1v) is 7.30. The number of furan rings is 1. The predicted octanol–water partition coefficient (Wildman–Crippen LogP) is -1.39. The SMILES string of the molecule is O=C(NN=Cc1ccc(S(=O)(=O)[O-])o1)c1ccccc1Cl.[Na+]. The van der Waals surface area contributed by atoms with Crippen LogP contribution in [0.5, 0.6) is 0 Å². The van der Waals surface area contributed by atoms with Gasteiger partial charge in [0.05, 0.1) is 16.8 Å². The van der Waals surface area contributed by atoms with Gasteiger partial charge in [-0.15, -0.1) is 0 Å². The summed E-state index contributed by atoms with van der Waals surface area (Å²) in [6.45, 7) is 0. The molecule has 0 atom stereocenters. The Morgan fingerprint density at radius 2 is 1.95 bits per heavy atom. The molecule has 2 aromatic rings. The van der Waals surface area contributed by atoms with E-state index < -0.39 is 21.1 Å². The van der Waals surface area contributed by atoms with E-state index in [9.17, 15) is 17.8 Å². The molecule has 0 bridgehead atoms. The van der Waals surface area contributed by atoms with Crippen LogP contribution in [0.1, 0.15) is 16.1 Å². The summed E-state index contributed by atoms with van der Waals surface area (Å²) in [7, 11) is -4.66. The summed E-state index contributed by atoms with van der Waals surface area (Å²) in [5.74, 6) is -0.538. The van der Waals surface area contributed by atoms with Crippen molar-refractivity contribution in [3.05, 3.63) is 52.7 Å². The molecule has 0 saturated heterocycles. The first-order valence-electron chi connectivity index (χ1n) is 5.51. The molecule has 0 radical (unpaired) electrons. The van der Waals surface area contributed by atoms with E-state index in [1.807, 2.05) is 0 Å². The molecule has 0 aliphatic carbocycles. The van der Waals surface area contributed by atoms with E-state index in [4.69, 9.17) is 16.0 Å². The van der Waals surface area contributed by atoms with Crippen molar-refractivity contribution < 1.29 is 51.7 Å². The molecule has 0 unspecified atom stereocenters. The summed E-state index contributed by atoms with van der Waals surface area (Å²) < 4.78 is 36.7. The molecule has 0 saturated carbocycles. The normalized spacial score (nSPS) is 11.2. The van der Waals surface area contributed by atoms with Crippen molar-refractivity contribution in [2.75, 3.05) is 0 Å². The maximum atomic E-state index is 11.7. The minimum Gasteiger partial charge on any atom is -0.742 e.